The number of rotatable bonds is 4. The minimum Gasteiger partial charge on any atom is -0.321 e. The van der Waals surface area contributed by atoms with Crippen molar-refractivity contribution in [1.82, 2.24) is 9.78 Å². The molecule has 1 aliphatic rings. The third-order valence-corrected chi connectivity index (χ3v) is 5.95. The minimum absolute atomic E-state index is 0.00894. The van der Waals surface area contributed by atoms with Gasteiger partial charge in [-0.05, 0) is 56.0 Å². The maximum Gasteiger partial charge on any atom is 0.276 e. The molecule has 0 saturated heterocycles. The van der Waals surface area contributed by atoms with Gasteiger partial charge in [0.25, 0.3) is 5.91 Å². The Hall–Kier alpha value is -2.97. The van der Waals surface area contributed by atoms with Crippen LogP contribution in [0.15, 0.2) is 53.4 Å². The maximum absolute atomic E-state index is 12.9. The second-order valence-electron chi connectivity index (χ2n) is 6.85. The molecule has 1 heterocycles. The van der Waals surface area contributed by atoms with Gasteiger partial charge in [0, 0.05) is 16.9 Å². The first-order chi connectivity index (χ1) is 13.3. The molecular weight excluding hydrogens is 376 g/mol. The Kier molecular flexibility index (Phi) is 4.52. The summed E-state index contributed by atoms with van der Waals surface area (Å²) in [6, 6.07) is 14.3. The van der Waals surface area contributed by atoms with E-state index >= 15 is 0 Å². The Morgan fingerprint density at radius 1 is 1.14 bits per heavy atom. The monoisotopic (exact) mass is 396 g/mol. The first-order valence-corrected chi connectivity index (χ1v) is 10.5. The number of carbonyl (C=O) groups excluding carboxylic acids is 1. The fourth-order valence-corrected chi connectivity index (χ4v) is 4.39. The van der Waals surface area contributed by atoms with Crippen LogP contribution in [0, 0.1) is 6.92 Å². The third kappa shape index (κ3) is 3.32. The number of primary sulfonamides is 1. The molecule has 0 bridgehead atoms. The van der Waals surface area contributed by atoms with Gasteiger partial charge in [-0.25, -0.2) is 18.2 Å². The van der Waals surface area contributed by atoms with Gasteiger partial charge in [-0.15, -0.1) is 0 Å². The van der Waals surface area contributed by atoms with E-state index in [-0.39, 0.29) is 10.8 Å². The van der Waals surface area contributed by atoms with E-state index in [1.807, 2.05) is 35.0 Å². The smallest absolute Gasteiger partial charge is 0.276 e. The van der Waals surface area contributed by atoms with Gasteiger partial charge in [-0.1, -0.05) is 24.3 Å². The first-order valence-electron chi connectivity index (χ1n) is 8.95. The summed E-state index contributed by atoms with van der Waals surface area (Å²) in [6.45, 7) is 1.65. The number of aryl methyl sites for hydroxylation is 1. The van der Waals surface area contributed by atoms with Crippen LogP contribution in [0.2, 0.25) is 0 Å². The molecule has 0 aliphatic heterocycles. The largest absolute Gasteiger partial charge is 0.321 e. The molecule has 0 unspecified atom stereocenters. The van der Waals surface area contributed by atoms with Crippen LogP contribution in [0.5, 0.6) is 0 Å². The molecule has 2 aromatic carbocycles. The molecule has 0 saturated carbocycles. The van der Waals surface area contributed by atoms with Crippen molar-refractivity contribution in [3.8, 4) is 5.69 Å². The molecule has 0 fully saturated rings. The van der Waals surface area contributed by atoms with Crippen LogP contribution in [0.3, 0.4) is 0 Å². The molecule has 0 atom stereocenters. The molecule has 28 heavy (non-hydrogen) atoms. The SMILES string of the molecule is Cc1ccc(NC(=O)c2nn(-c3ccccc3)c3c2CCC3)cc1S(N)(=O)=O. The Balaban J connectivity index is 1.69. The molecule has 144 valence electrons. The Labute approximate surface area is 163 Å². The molecule has 0 spiro atoms. The predicted octanol–water partition coefficient (Wildman–Crippen LogP) is 2.57. The number of sulfonamides is 1. The van der Waals surface area contributed by atoms with Crippen LogP contribution in [0.4, 0.5) is 5.69 Å². The molecule has 4 rings (SSSR count). The third-order valence-electron chi connectivity index (χ3n) is 4.90. The zero-order chi connectivity index (χ0) is 19.9. The van der Waals surface area contributed by atoms with Gasteiger partial charge in [-0.2, -0.15) is 5.10 Å². The van der Waals surface area contributed by atoms with E-state index in [9.17, 15) is 13.2 Å². The van der Waals surface area contributed by atoms with Crippen molar-refractivity contribution in [3.05, 3.63) is 71.0 Å². The van der Waals surface area contributed by atoms with Gasteiger partial charge in [-0.3, -0.25) is 4.79 Å². The normalized spacial score (nSPS) is 13.4. The molecule has 1 amide bonds. The number of hydrogen-bond acceptors (Lipinski definition) is 4. The van der Waals surface area contributed by atoms with E-state index in [1.54, 1.807) is 19.1 Å². The number of amides is 1. The maximum atomic E-state index is 12.9. The summed E-state index contributed by atoms with van der Waals surface area (Å²) >= 11 is 0. The second-order valence-corrected chi connectivity index (χ2v) is 8.38. The predicted molar refractivity (Wildman–Crippen MR) is 106 cm³/mol. The van der Waals surface area contributed by atoms with Crippen molar-refractivity contribution in [2.45, 2.75) is 31.1 Å². The highest BCUT2D eigenvalue weighted by Gasteiger charge is 2.27. The van der Waals surface area contributed by atoms with E-state index < -0.39 is 10.0 Å². The van der Waals surface area contributed by atoms with Gasteiger partial charge in [0.1, 0.15) is 0 Å². The second kappa shape index (κ2) is 6.88. The van der Waals surface area contributed by atoms with Crippen molar-refractivity contribution in [3.63, 3.8) is 0 Å². The topological polar surface area (TPSA) is 107 Å². The van der Waals surface area contributed by atoms with Crippen LogP contribution >= 0.6 is 0 Å². The van der Waals surface area contributed by atoms with Crippen molar-refractivity contribution < 1.29 is 13.2 Å². The number of hydrogen-bond donors (Lipinski definition) is 2. The number of carbonyl (C=O) groups is 1. The quantitative estimate of drug-likeness (QED) is 0.707. The summed E-state index contributed by atoms with van der Waals surface area (Å²) in [5.74, 6) is -0.364. The summed E-state index contributed by atoms with van der Waals surface area (Å²) in [5, 5.41) is 12.6. The van der Waals surface area contributed by atoms with Crippen molar-refractivity contribution in [2.24, 2.45) is 5.14 Å². The van der Waals surface area contributed by atoms with E-state index in [1.165, 1.54) is 6.07 Å². The summed E-state index contributed by atoms with van der Waals surface area (Å²) in [7, 11) is -3.87. The van der Waals surface area contributed by atoms with Crippen molar-refractivity contribution >= 4 is 21.6 Å². The summed E-state index contributed by atoms with van der Waals surface area (Å²) in [6.07, 6.45) is 2.63. The minimum atomic E-state index is -3.87. The Morgan fingerprint density at radius 2 is 1.89 bits per heavy atom. The highest BCUT2D eigenvalue weighted by Crippen LogP contribution is 2.28. The van der Waals surface area contributed by atoms with E-state index in [2.05, 4.69) is 10.4 Å². The zero-order valence-corrected chi connectivity index (χ0v) is 16.2. The lowest BCUT2D eigenvalue weighted by molar-refractivity contribution is 0.102. The van der Waals surface area contributed by atoms with Gasteiger partial charge in [0.05, 0.1) is 10.6 Å². The number of para-hydroxylation sites is 1. The molecular formula is C20H20N4O3S. The lowest BCUT2D eigenvalue weighted by Crippen LogP contribution is -2.17. The van der Waals surface area contributed by atoms with Crippen LogP contribution < -0.4 is 10.5 Å². The molecule has 8 heteroatoms. The van der Waals surface area contributed by atoms with E-state index in [0.717, 1.165) is 36.2 Å². The van der Waals surface area contributed by atoms with Gasteiger partial charge in [0.15, 0.2) is 5.69 Å². The Morgan fingerprint density at radius 3 is 2.61 bits per heavy atom. The summed E-state index contributed by atoms with van der Waals surface area (Å²) < 4.78 is 25.3. The lowest BCUT2D eigenvalue weighted by Gasteiger charge is -2.08. The van der Waals surface area contributed by atoms with Crippen LogP contribution in [-0.4, -0.2) is 24.1 Å². The summed E-state index contributed by atoms with van der Waals surface area (Å²) in [4.78, 5) is 12.9. The lowest BCUT2D eigenvalue weighted by atomic mass is 10.2. The molecule has 0 radical (unpaired) electrons. The van der Waals surface area contributed by atoms with Crippen molar-refractivity contribution in [2.75, 3.05) is 5.32 Å². The Bertz CT molecular complexity index is 1170. The average Bonchev–Trinajstić information content (AvgIpc) is 3.25. The average molecular weight is 396 g/mol. The van der Waals surface area contributed by atoms with E-state index in [4.69, 9.17) is 5.14 Å². The van der Waals surface area contributed by atoms with Crippen LogP contribution in [-0.2, 0) is 22.9 Å². The number of nitrogens with zero attached hydrogens (tertiary/aromatic N) is 2. The van der Waals surface area contributed by atoms with Gasteiger partial charge >= 0.3 is 0 Å². The molecule has 1 aliphatic carbocycles. The number of fused-ring (bicyclic) bond motifs is 1. The van der Waals surface area contributed by atoms with Gasteiger partial charge in [0.2, 0.25) is 10.0 Å². The first kappa shape index (κ1) is 18.4. The molecule has 7 nitrogen and oxygen atoms in total. The number of anilines is 1. The molecule has 1 aromatic heterocycles. The molecule has 3 N–H and O–H groups in total. The highest BCUT2D eigenvalue weighted by molar-refractivity contribution is 7.89. The molecule has 3 aromatic rings. The fraction of sp³-hybridized carbons (Fsp3) is 0.200. The highest BCUT2D eigenvalue weighted by atomic mass is 32.2. The van der Waals surface area contributed by atoms with Crippen LogP contribution in [0.1, 0.15) is 33.7 Å². The standard InChI is InChI=1S/C20H20N4O3S/c1-13-10-11-14(12-18(13)28(21,26)27)22-20(25)19-16-8-5-9-17(16)24(23-19)15-6-3-2-4-7-15/h2-4,6-7,10-12H,5,8-9H2,1H3,(H,22,25)(H2,21,26,27). The fourth-order valence-electron chi connectivity index (χ4n) is 3.58. The van der Waals surface area contributed by atoms with Crippen LogP contribution in [0.25, 0.3) is 5.69 Å². The number of benzene rings is 2. The summed E-state index contributed by atoms with van der Waals surface area (Å²) in [5.41, 5.74) is 4.15. The number of aromatic nitrogens is 2. The van der Waals surface area contributed by atoms with Crippen molar-refractivity contribution in [1.29, 1.82) is 0 Å². The van der Waals surface area contributed by atoms with E-state index in [0.29, 0.717) is 16.9 Å². The number of nitrogens with one attached hydrogen (secondary N) is 1. The van der Waals surface area contributed by atoms with Gasteiger partial charge < -0.3 is 5.32 Å². The number of nitrogens with two attached hydrogens (primary N) is 1. The zero-order valence-electron chi connectivity index (χ0n) is 15.3.